The van der Waals surface area contributed by atoms with Crippen molar-refractivity contribution in [1.82, 2.24) is 0 Å². The first-order valence-electron chi connectivity index (χ1n) is 15.5. The van der Waals surface area contributed by atoms with E-state index in [1.165, 1.54) is 33.4 Å². The first-order chi connectivity index (χ1) is 19.8. The zero-order valence-corrected chi connectivity index (χ0v) is 29.3. The van der Waals surface area contributed by atoms with Crippen molar-refractivity contribution < 1.29 is 9.05 Å². The monoisotopic (exact) mass is 594 g/mol. The molecule has 0 heterocycles. The van der Waals surface area contributed by atoms with E-state index in [0.29, 0.717) is 0 Å². The van der Waals surface area contributed by atoms with E-state index in [4.69, 9.17) is 9.05 Å². The maximum absolute atomic E-state index is 6.98. The Hall–Kier alpha value is -3.09. The summed E-state index contributed by atoms with van der Waals surface area (Å²) in [5.74, 6) is 1.75. The average molecular weight is 595 g/mol. The van der Waals surface area contributed by atoms with Crippen molar-refractivity contribution in [3.8, 4) is 22.6 Å². The van der Waals surface area contributed by atoms with Gasteiger partial charge in [-0.3, -0.25) is 0 Å². The fourth-order valence-electron chi connectivity index (χ4n) is 5.03. The smallest absolute Gasteiger partial charge is 0.326 e. The molecule has 0 atom stereocenters. The normalized spacial score (nSPS) is 12.9. The molecule has 4 aromatic rings. The van der Waals surface area contributed by atoms with E-state index >= 15 is 0 Å². The Morgan fingerprint density at radius 3 is 1.19 bits per heavy atom. The number of hydrogen-bond donors (Lipinski definition) is 0. The summed E-state index contributed by atoms with van der Waals surface area (Å²) in [6.07, 6.45) is 0. The minimum atomic E-state index is -1.49. The van der Waals surface area contributed by atoms with Crippen LogP contribution >= 0.6 is 8.38 Å². The zero-order valence-electron chi connectivity index (χ0n) is 28.4. The molecular weight excluding hydrogens is 543 g/mol. The van der Waals surface area contributed by atoms with E-state index in [-0.39, 0.29) is 21.7 Å². The summed E-state index contributed by atoms with van der Waals surface area (Å²) in [6.45, 7) is 27.1. The van der Waals surface area contributed by atoms with Gasteiger partial charge >= 0.3 is 8.38 Å². The maximum Gasteiger partial charge on any atom is 0.326 e. The molecule has 2 nitrogen and oxygen atoms in total. The molecule has 0 unspecified atom stereocenters. The lowest BCUT2D eigenvalue weighted by Gasteiger charge is -2.30. The van der Waals surface area contributed by atoms with Crippen LogP contribution in [-0.4, -0.2) is 0 Å². The molecule has 0 amide bonds. The predicted molar refractivity (Wildman–Crippen MR) is 187 cm³/mol. The highest BCUT2D eigenvalue weighted by Gasteiger charge is 2.29. The first-order valence-corrected chi connectivity index (χ1v) is 16.6. The van der Waals surface area contributed by atoms with Crippen LogP contribution in [0.5, 0.6) is 11.5 Å². The van der Waals surface area contributed by atoms with E-state index < -0.39 is 8.38 Å². The standard InChI is InChI=1S/C40H51O2P/c1-37(2,3)30-20-24-35(33(26-30)39(7,8)9)41-43(32-22-18-29(19-23-32)28-16-14-13-15-17-28)42-36-25-21-31(38(4,5)6)27-34(36)40(10,11)12/h13-27H,1-12H3. The van der Waals surface area contributed by atoms with Crippen LogP contribution in [0.1, 0.15) is 105 Å². The molecule has 0 N–H and O–H groups in total. The molecule has 3 heteroatoms. The lowest BCUT2D eigenvalue weighted by Crippen LogP contribution is -2.20. The summed E-state index contributed by atoms with van der Waals surface area (Å²) in [4.78, 5) is 0. The van der Waals surface area contributed by atoms with Gasteiger partial charge in [-0.05, 0) is 68.2 Å². The molecular formula is C40H51O2P. The van der Waals surface area contributed by atoms with Gasteiger partial charge in [0.05, 0.1) is 5.30 Å². The van der Waals surface area contributed by atoms with Crippen molar-refractivity contribution in [2.75, 3.05) is 0 Å². The second kappa shape index (κ2) is 12.1. The van der Waals surface area contributed by atoms with Crippen LogP contribution in [0, 0.1) is 0 Å². The van der Waals surface area contributed by atoms with Gasteiger partial charge in [0.15, 0.2) is 0 Å². The lowest BCUT2D eigenvalue weighted by molar-refractivity contribution is 0.466. The van der Waals surface area contributed by atoms with E-state index in [2.05, 4.69) is 168 Å². The minimum absolute atomic E-state index is 0.0451. The van der Waals surface area contributed by atoms with Crippen LogP contribution in [0.4, 0.5) is 0 Å². The Bertz CT molecular complexity index is 1450. The third kappa shape index (κ3) is 8.10. The van der Waals surface area contributed by atoms with Gasteiger partial charge in [0.2, 0.25) is 0 Å². The highest BCUT2D eigenvalue weighted by Crippen LogP contribution is 2.47. The first kappa shape index (κ1) is 32.8. The van der Waals surface area contributed by atoms with E-state index in [9.17, 15) is 0 Å². The Labute approximate surface area is 262 Å². The van der Waals surface area contributed by atoms with Crippen molar-refractivity contribution in [3.05, 3.63) is 113 Å². The molecule has 4 rings (SSSR count). The molecule has 0 aromatic heterocycles. The highest BCUT2D eigenvalue weighted by atomic mass is 31.2. The Morgan fingerprint density at radius 2 is 0.814 bits per heavy atom. The fourth-order valence-corrected chi connectivity index (χ4v) is 6.35. The Balaban J connectivity index is 1.83. The van der Waals surface area contributed by atoms with Crippen LogP contribution < -0.4 is 14.4 Å². The number of benzene rings is 4. The maximum atomic E-state index is 6.98. The largest absolute Gasteiger partial charge is 0.435 e. The molecule has 0 saturated carbocycles. The van der Waals surface area contributed by atoms with Gasteiger partial charge < -0.3 is 9.05 Å². The van der Waals surface area contributed by atoms with E-state index in [1.807, 2.05) is 6.07 Å². The molecule has 0 bridgehead atoms. The van der Waals surface area contributed by atoms with Crippen molar-refractivity contribution in [1.29, 1.82) is 0 Å². The summed E-state index contributed by atoms with van der Waals surface area (Å²) in [5, 5.41) is 1.04. The van der Waals surface area contributed by atoms with Crippen LogP contribution in [0.25, 0.3) is 11.1 Å². The van der Waals surface area contributed by atoms with Crippen molar-refractivity contribution in [3.63, 3.8) is 0 Å². The second-order valence-electron chi connectivity index (χ2n) is 15.8. The highest BCUT2D eigenvalue weighted by molar-refractivity contribution is 7.56. The molecule has 0 saturated heterocycles. The van der Waals surface area contributed by atoms with Crippen LogP contribution in [0.2, 0.25) is 0 Å². The van der Waals surface area contributed by atoms with Gasteiger partial charge in [-0.15, -0.1) is 0 Å². The SMILES string of the molecule is CC(C)(C)c1ccc(OP(Oc2ccc(C(C)(C)C)cc2C(C)(C)C)c2ccc(-c3ccccc3)cc2)c(C(C)(C)C)c1. The fraction of sp³-hybridized carbons (Fsp3) is 0.400. The molecule has 0 radical (unpaired) electrons. The summed E-state index contributed by atoms with van der Waals surface area (Å²) in [6, 6.07) is 32.5. The van der Waals surface area contributed by atoms with E-state index in [0.717, 1.165) is 16.8 Å². The van der Waals surface area contributed by atoms with Gasteiger partial charge in [-0.1, -0.05) is 150 Å². The van der Waals surface area contributed by atoms with E-state index in [1.54, 1.807) is 0 Å². The second-order valence-corrected chi connectivity index (χ2v) is 17.2. The zero-order chi connectivity index (χ0) is 31.8. The average Bonchev–Trinajstić information content (AvgIpc) is 2.91. The van der Waals surface area contributed by atoms with Gasteiger partial charge in [0.25, 0.3) is 0 Å². The molecule has 0 aliphatic heterocycles. The number of hydrogen-bond acceptors (Lipinski definition) is 2. The third-order valence-corrected chi connectivity index (χ3v) is 9.30. The topological polar surface area (TPSA) is 18.5 Å². The molecule has 0 aliphatic carbocycles. The van der Waals surface area contributed by atoms with Gasteiger partial charge in [0, 0.05) is 11.1 Å². The molecule has 0 spiro atoms. The summed E-state index contributed by atoms with van der Waals surface area (Å²) >= 11 is 0. The molecule has 228 valence electrons. The van der Waals surface area contributed by atoms with Crippen LogP contribution in [0.3, 0.4) is 0 Å². The van der Waals surface area contributed by atoms with Gasteiger partial charge in [0.1, 0.15) is 11.5 Å². The molecule has 0 aliphatic rings. The Kier molecular flexibility index (Phi) is 9.25. The van der Waals surface area contributed by atoms with Crippen LogP contribution in [-0.2, 0) is 21.7 Å². The lowest BCUT2D eigenvalue weighted by atomic mass is 9.80. The minimum Gasteiger partial charge on any atom is -0.435 e. The van der Waals surface area contributed by atoms with Gasteiger partial charge in [-0.2, -0.15) is 0 Å². The molecule has 4 aromatic carbocycles. The quantitative estimate of drug-likeness (QED) is 0.207. The molecule has 0 fully saturated rings. The van der Waals surface area contributed by atoms with Crippen LogP contribution in [0.15, 0.2) is 91.0 Å². The van der Waals surface area contributed by atoms with Crippen molar-refractivity contribution >= 4 is 13.7 Å². The van der Waals surface area contributed by atoms with Crippen molar-refractivity contribution in [2.24, 2.45) is 0 Å². The summed E-state index contributed by atoms with van der Waals surface area (Å²) in [7, 11) is -1.49. The summed E-state index contributed by atoms with van der Waals surface area (Å²) < 4.78 is 14.0. The summed E-state index contributed by atoms with van der Waals surface area (Å²) in [5.41, 5.74) is 7.25. The third-order valence-electron chi connectivity index (χ3n) is 7.85. The predicted octanol–water partition coefficient (Wildman–Crippen LogP) is 11.6. The van der Waals surface area contributed by atoms with Crippen molar-refractivity contribution in [2.45, 2.75) is 105 Å². The number of rotatable bonds is 6. The van der Waals surface area contributed by atoms with Gasteiger partial charge in [-0.25, -0.2) is 0 Å². The molecule has 43 heavy (non-hydrogen) atoms. The Morgan fingerprint density at radius 1 is 0.419 bits per heavy atom.